The Kier molecular flexibility index (Phi) is 3.71. The molecule has 0 saturated carbocycles. The van der Waals surface area contributed by atoms with Gasteiger partial charge in [0.2, 0.25) is 0 Å². The largest absolute Gasteiger partial charge is 0.466 e. The predicted molar refractivity (Wildman–Crippen MR) is 66.0 cm³/mol. The first kappa shape index (κ1) is 12.3. The lowest BCUT2D eigenvalue weighted by atomic mass is 10.2. The maximum Gasteiger partial charge on any atom is 0.307 e. The monoisotopic (exact) mass is 249 g/mol. The van der Waals surface area contributed by atoms with Crippen LogP contribution in [0.25, 0.3) is 11.0 Å². The van der Waals surface area contributed by atoms with Crippen LogP contribution in [0.2, 0.25) is 0 Å². The molecule has 0 fully saturated rings. The molecule has 7 heteroatoms. The number of hydrogen-bond acceptors (Lipinski definition) is 6. The highest BCUT2D eigenvalue weighted by Gasteiger charge is 2.12. The summed E-state index contributed by atoms with van der Waals surface area (Å²) in [5.41, 5.74) is 0.663. The lowest BCUT2D eigenvalue weighted by Gasteiger charge is -2.13. The molecule has 2 heterocycles. The molecule has 0 aromatic carbocycles. The zero-order chi connectivity index (χ0) is 13.0. The van der Waals surface area contributed by atoms with Crippen LogP contribution in [0, 0.1) is 0 Å². The first-order valence-corrected chi connectivity index (χ1v) is 5.77. The first-order chi connectivity index (χ1) is 8.70. The number of aromatic amines is 1. The molecular formula is C11H15N5O2. The number of nitrogens with zero attached hydrogens (tertiary/aromatic N) is 3. The average Bonchev–Trinajstić information content (AvgIpc) is 2.78. The van der Waals surface area contributed by atoms with Crippen molar-refractivity contribution in [1.82, 2.24) is 20.2 Å². The smallest absolute Gasteiger partial charge is 0.307 e. The summed E-state index contributed by atoms with van der Waals surface area (Å²) in [5.74, 6) is 0.431. The molecule has 2 rings (SSSR count). The molecule has 0 radical (unpaired) electrons. The molecule has 0 aliphatic carbocycles. The molecule has 0 aliphatic heterocycles. The van der Waals surface area contributed by atoms with E-state index in [4.69, 9.17) is 4.74 Å². The summed E-state index contributed by atoms with van der Waals surface area (Å²) >= 11 is 0. The van der Waals surface area contributed by atoms with E-state index in [2.05, 4.69) is 25.5 Å². The molecule has 0 spiro atoms. The number of esters is 1. The number of ether oxygens (including phenoxy) is 1. The second kappa shape index (κ2) is 5.44. The normalized spacial score (nSPS) is 12.3. The van der Waals surface area contributed by atoms with E-state index < -0.39 is 0 Å². The Morgan fingerprint density at radius 1 is 1.56 bits per heavy atom. The van der Waals surface area contributed by atoms with Gasteiger partial charge in [-0.1, -0.05) is 0 Å². The van der Waals surface area contributed by atoms with Crippen molar-refractivity contribution in [3.63, 3.8) is 0 Å². The fraction of sp³-hybridized carbons (Fsp3) is 0.455. The standard InChI is InChI=1S/C11H15N5O2/c1-3-18-9(17)4-7(2)15-10-8-5-14-16-11(8)13-6-12-10/h5-7H,3-4H2,1-2H3,(H2,12,13,14,15,16). The Hall–Kier alpha value is -2.18. The van der Waals surface area contributed by atoms with E-state index >= 15 is 0 Å². The van der Waals surface area contributed by atoms with E-state index in [1.807, 2.05) is 6.92 Å². The molecule has 2 N–H and O–H groups in total. The Balaban J connectivity index is 2.04. The number of nitrogens with one attached hydrogen (secondary N) is 2. The van der Waals surface area contributed by atoms with E-state index in [9.17, 15) is 4.79 Å². The van der Waals surface area contributed by atoms with Crippen molar-refractivity contribution in [2.45, 2.75) is 26.3 Å². The molecule has 0 amide bonds. The summed E-state index contributed by atoms with van der Waals surface area (Å²) in [6, 6.07) is -0.0722. The van der Waals surface area contributed by atoms with Crippen molar-refractivity contribution in [3.05, 3.63) is 12.5 Å². The molecule has 1 unspecified atom stereocenters. The van der Waals surface area contributed by atoms with Gasteiger partial charge >= 0.3 is 5.97 Å². The molecule has 0 bridgehead atoms. The number of anilines is 1. The lowest BCUT2D eigenvalue weighted by Crippen LogP contribution is -2.21. The highest BCUT2D eigenvalue weighted by molar-refractivity contribution is 5.85. The first-order valence-electron chi connectivity index (χ1n) is 5.77. The van der Waals surface area contributed by atoms with Gasteiger partial charge in [-0.25, -0.2) is 9.97 Å². The summed E-state index contributed by atoms with van der Waals surface area (Å²) < 4.78 is 4.89. The SMILES string of the molecule is CCOC(=O)CC(C)Nc1ncnc2[nH]ncc12. The van der Waals surface area contributed by atoms with E-state index in [1.54, 1.807) is 13.1 Å². The quantitative estimate of drug-likeness (QED) is 0.771. The number of hydrogen-bond donors (Lipinski definition) is 2. The van der Waals surface area contributed by atoms with Gasteiger partial charge in [-0.2, -0.15) is 5.10 Å². The van der Waals surface area contributed by atoms with E-state index in [0.717, 1.165) is 5.39 Å². The Morgan fingerprint density at radius 2 is 2.39 bits per heavy atom. The van der Waals surface area contributed by atoms with Gasteiger partial charge in [0.05, 0.1) is 24.6 Å². The fourth-order valence-corrected chi connectivity index (χ4v) is 1.63. The van der Waals surface area contributed by atoms with Crippen molar-refractivity contribution in [1.29, 1.82) is 0 Å². The van der Waals surface area contributed by atoms with Gasteiger partial charge in [0.1, 0.15) is 12.1 Å². The summed E-state index contributed by atoms with van der Waals surface area (Å²) in [7, 11) is 0. The maximum absolute atomic E-state index is 11.3. The minimum Gasteiger partial charge on any atom is -0.466 e. The maximum atomic E-state index is 11.3. The van der Waals surface area contributed by atoms with Gasteiger partial charge in [-0.3, -0.25) is 9.89 Å². The van der Waals surface area contributed by atoms with Crippen molar-refractivity contribution < 1.29 is 9.53 Å². The van der Waals surface area contributed by atoms with E-state index in [0.29, 0.717) is 18.1 Å². The van der Waals surface area contributed by atoms with Crippen LogP contribution in [0.1, 0.15) is 20.3 Å². The van der Waals surface area contributed by atoms with Crippen LogP contribution in [0.15, 0.2) is 12.5 Å². The van der Waals surface area contributed by atoms with Gasteiger partial charge in [0.25, 0.3) is 0 Å². The molecule has 1 atom stereocenters. The molecule has 0 aliphatic rings. The molecule has 7 nitrogen and oxygen atoms in total. The topological polar surface area (TPSA) is 92.8 Å². The number of carbonyl (C=O) groups is 1. The van der Waals surface area contributed by atoms with Crippen molar-refractivity contribution in [3.8, 4) is 0 Å². The lowest BCUT2D eigenvalue weighted by molar-refractivity contribution is -0.143. The van der Waals surface area contributed by atoms with Crippen molar-refractivity contribution in [2.75, 3.05) is 11.9 Å². The molecule has 0 saturated heterocycles. The van der Waals surface area contributed by atoms with Gasteiger partial charge in [-0.15, -0.1) is 0 Å². The number of carbonyl (C=O) groups excluding carboxylic acids is 1. The van der Waals surface area contributed by atoms with Crippen LogP contribution < -0.4 is 5.32 Å². The van der Waals surface area contributed by atoms with Crippen LogP contribution in [-0.4, -0.2) is 38.8 Å². The Labute approximate surface area is 104 Å². The summed E-state index contributed by atoms with van der Waals surface area (Å²) in [6.07, 6.45) is 3.38. The van der Waals surface area contributed by atoms with Crippen LogP contribution in [0.5, 0.6) is 0 Å². The van der Waals surface area contributed by atoms with Crippen LogP contribution >= 0.6 is 0 Å². The summed E-state index contributed by atoms with van der Waals surface area (Å²) in [6.45, 7) is 4.07. The Morgan fingerprint density at radius 3 is 3.17 bits per heavy atom. The molecule has 18 heavy (non-hydrogen) atoms. The van der Waals surface area contributed by atoms with E-state index in [1.165, 1.54) is 6.33 Å². The minimum atomic E-state index is -0.227. The van der Waals surface area contributed by atoms with Crippen molar-refractivity contribution in [2.24, 2.45) is 0 Å². The zero-order valence-corrected chi connectivity index (χ0v) is 10.3. The summed E-state index contributed by atoms with van der Waals surface area (Å²) in [5, 5.41) is 10.6. The van der Waals surface area contributed by atoms with Crippen molar-refractivity contribution >= 4 is 22.8 Å². The highest BCUT2D eigenvalue weighted by atomic mass is 16.5. The fourth-order valence-electron chi connectivity index (χ4n) is 1.63. The third-order valence-corrected chi connectivity index (χ3v) is 2.41. The van der Waals surface area contributed by atoms with Gasteiger partial charge in [0.15, 0.2) is 5.65 Å². The van der Waals surface area contributed by atoms with Crippen LogP contribution in [0.3, 0.4) is 0 Å². The number of aromatic nitrogens is 4. The third kappa shape index (κ3) is 2.73. The number of H-pyrrole nitrogens is 1. The number of rotatable bonds is 5. The highest BCUT2D eigenvalue weighted by Crippen LogP contribution is 2.17. The second-order valence-corrected chi connectivity index (χ2v) is 3.91. The molecule has 2 aromatic rings. The number of fused-ring (bicyclic) bond motifs is 1. The molecule has 96 valence electrons. The van der Waals surface area contributed by atoms with Gasteiger partial charge in [-0.05, 0) is 13.8 Å². The summed E-state index contributed by atoms with van der Waals surface area (Å²) in [4.78, 5) is 19.5. The Bertz CT molecular complexity index is 539. The average molecular weight is 249 g/mol. The van der Waals surface area contributed by atoms with Gasteiger partial charge < -0.3 is 10.1 Å². The third-order valence-electron chi connectivity index (χ3n) is 2.41. The minimum absolute atomic E-state index is 0.0722. The van der Waals surface area contributed by atoms with Gasteiger partial charge in [0, 0.05) is 6.04 Å². The van der Waals surface area contributed by atoms with E-state index in [-0.39, 0.29) is 18.4 Å². The molecular weight excluding hydrogens is 234 g/mol. The van der Waals surface area contributed by atoms with Crippen LogP contribution in [0.4, 0.5) is 5.82 Å². The second-order valence-electron chi connectivity index (χ2n) is 3.91. The van der Waals surface area contributed by atoms with Crippen LogP contribution in [-0.2, 0) is 9.53 Å². The predicted octanol–water partition coefficient (Wildman–Crippen LogP) is 1.11. The zero-order valence-electron chi connectivity index (χ0n) is 10.3. The molecule has 2 aromatic heterocycles.